The van der Waals surface area contributed by atoms with Crippen molar-refractivity contribution in [3.8, 4) is 0 Å². The number of benzene rings is 1. The van der Waals surface area contributed by atoms with E-state index in [1.807, 2.05) is 30.3 Å². The number of likely N-dealkylation sites (N-methyl/N-ethyl adjacent to an activating group) is 1. The van der Waals surface area contributed by atoms with Gasteiger partial charge in [-0.1, -0.05) is 30.3 Å². The normalized spacial score (nSPS) is 29.8. The second kappa shape index (κ2) is 5.51. The van der Waals surface area contributed by atoms with E-state index in [0.717, 1.165) is 19.3 Å². The smallest absolute Gasteiger partial charge is 0.307 e. The van der Waals surface area contributed by atoms with Crippen LogP contribution in [0.1, 0.15) is 18.4 Å². The third kappa shape index (κ3) is 2.43. The monoisotopic (exact) mass is 287 g/mol. The van der Waals surface area contributed by atoms with Crippen molar-refractivity contribution in [2.24, 2.45) is 23.7 Å². The van der Waals surface area contributed by atoms with Crippen molar-refractivity contribution in [1.29, 1.82) is 0 Å². The van der Waals surface area contributed by atoms with E-state index in [0.29, 0.717) is 12.5 Å². The summed E-state index contributed by atoms with van der Waals surface area (Å²) in [6, 6.07) is 10.0. The number of nitrogens with zero attached hydrogens (tertiary/aromatic N) is 1. The summed E-state index contributed by atoms with van der Waals surface area (Å²) in [6.07, 6.45) is 2.79. The number of amides is 1. The molecule has 1 aromatic rings. The van der Waals surface area contributed by atoms with Crippen LogP contribution in [0.2, 0.25) is 0 Å². The highest BCUT2D eigenvalue weighted by Crippen LogP contribution is 2.58. The minimum Gasteiger partial charge on any atom is -0.481 e. The Morgan fingerprint density at radius 2 is 1.76 bits per heavy atom. The number of carbonyl (C=O) groups is 2. The first kappa shape index (κ1) is 14.1. The number of hydrogen-bond donors (Lipinski definition) is 1. The summed E-state index contributed by atoms with van der Waals surface area (Å²) in [5, 5.41) is 9.29. The zero-order valence-corrected chi connectivity index (χ0v) is 12.2. The molecule has 0 heterocycles. The second-order valence-electron chi connectivity index (χ2n) is 6.29. The average molecular weight is 287 g/mol. The molecule has 2 aliphatic carbocycles. The molecule has 0 unspecified atom stereocenters. The number of fused-ring (bicyclic) bond motifs is 1. The van der Waals surface area contributed by atoms with Gasteiger partial charge in [-0.25, -0.2) is 0 Å². The summed E-state index contributed by atoms with van der Waals surface area (Å²) in [5.74, 6) is -0.959. The molecule has 4 atom stereocenters. The van der Waals surface area contributed by atoms with Crippen LogP contribution in [0.3, 0.4) is 0 Å². The van der Waals surface area contributed by atoms with Gasteiger partial charge in [0.25, 0.3) is 0 Å². The van der Waals surface area contributed by atoms with Crippen LogP contribution in [0, 0.1) is 23.7 Å². The standard InChI is InChI=1S/C17H21NO3/c1-18(10-9-11-5-3-2-4-6-11)16(19)14-12-7-8-13(12)15(14)17(20)21/h2-6,12-15H,7-10H2,1H3,(H,20,21)/t12-,13+,14+,15-/m1/s1. The Labute approximate surface area is 124 Å². The SMILES string of the molecule is CN(CCc1ccccc1)C(=O)[C@H]1[C@@H]2CC[C@@H]2[C@H]1C(=O)O. The first-order valence-corrected chi connectivity index (χ1v) is 7.61. The van der Waals surface area contributed by atoms with Gasteiger partial charge in [0, 0.05) is 13.6 Å². The van der Waals surface area contributed by atoms with Crippen molar-refractivity contribution in [2.45, 2.75) is 19.3 Å². The van der Waals surface area contributed by atoms with Gasteiger partial charge in [0.15, 0.2) is 0 Å². The van der Waals surface area contributed by atoms with E-state index < -0.39 is 11.9 Å². The number of rotatable bonds is 5. The zero-order chi connectivity index (χ0) is 15.0. The molecule has 0 bridgehead atoms. The summed E-state index contributed by atoms with van der Waals surface area (Å²) in [6.45, 7) is 0.642. The van der Waals surface area contributed by atoms with Crippen LogP contribution in [0.25, 0.3) is 0 Å². The fraction of sp³-hybridized carbons (Fsp3) is 0.529. The topological polar surface area (TPSA) is 57.6 Å². The molecule has 0 saturated heterocycles. The predicted octanol–water partition coefficient (Wildman–Crippen LogP) is 2.04. The molecule has 2 fully saturated rings. The van der Waals surface area contributed by atoms with Crippen LogP contribution < -0.4 is 0 Å². The van der Waals surface area contributed by atoms with E-state index >= 15 is 0 Å². The van der Waals surface area contributed by atoms with Crippen molar-refractivity contribution < 1.29 is 14.7 Å². The van der Waals surface area contributed by atoms with Crippen molar-refractivity contribution in [3.63, 3.8) is 0 Å². The molecular weight excluding hydrogens is 266 g/mol. The molecule has 4 nitrogen and oxygen atoms in total. The third-order valence-corrected chi connectivity index (χ3v) is 5.22. The molecule has 3 rings (SSSR count). The molecule has 2 aliphatic rings. The summed E-state index contributed by atoms with van der Waals surface area (Å²) >= 11 is 0. The van der Waals surface area contributed by atoms with E-state index in [9.17, 15) is 14.7 Å². The Morgan fingerprint density at radius 1 is 1.14 bits per heavy atom. The summed E-state index contributed by atoms with van der Waals surface area (Å²) in [7, 11) is 1.79. The van der Waals surface area contributed by atoms with Crippen molar-refractivity contribution in [2.75, 3.05) is 13.6 Å². The number of hydrogen-bond acceptors (Lipinski definition) is 2. The highest BCUT2D eigenvalue weighted by atomic mass is 16.4. The van der Waals surface area contributed by atoms with Gasteiger partial charge in [0.05, 0.1) is 11.8 Å². The largest absolute Gasteiger partial charge is 0.481 e. The molecule has 0 spiro atoms. The summed E-state index contributed by atoms with van der Waals surface area (Å²) in [5.41, 5.74) is 1.20. The first-order valence-electron chi connectivity index (χ1n) is 7.61. The number of carboxylic acid groups (broad SMARTS) is 1. The van der Waals surface area contributed by atoms with Gasteiger partial charge < -0.3 is 10.0 Å². The Hall–Kier alpha value is -1.84. The Morgan fingerprint density at radius 3 is 2.33 bits per heavy atom. The fourth-order valence-corrected chi connectivity index (χ4v) is 3.81. The average Bonchev–Trinajstić information content (AvgIpc) is 2.46. The fourth-order valence-electron chi connectivity index (χ4n) is 3.81. The van der Waals surface area contributed by atoms with E-state index in [4.69, 9.17) is 0 Å². The van der Waals surface area contributed by atoms with E-state index in [-0.39, 0.29) is 17.7 Å². The number of carboxylic acids is 1. The minimum absolute atomic E-state index is 0.0132. The van der Waals surface area contributed by atoms with Crippen LogP contribution >= 0.6 is 0 Å². The zero-order valence-electron chi connectivity index (χ0n) is 12.2. The van der Waals surface area contributed by atoms with Crippen molar-refractivity contribution >= 4 is 11.9 Å². The highest BCUT2D eigenvalue weighted by molar-refractivity contribution is 5.87. The number of carbonyl (C=O) groups excluding carboxylic acids is 1. The quantitative estimate of drug-likeness (QED) is 0.901. The third-order valence-electron chi connectivity index (χ3n) is 5.22. The van der Waals surface area contributed by atoms with Gasteiger partial charge in [-0.2, -0.15) is 0 Å². The molecule has 112 valence electrons. The van der Waals surface area contributed by atoms with Crippen LogP contribution in [0.4, 0.5) is 0 Å². The molecule has 1 amide bonds. The molecule has 2 saturated carbocycles. The van der Waals surface area contributed by atoms with Gasteiger partial charge in [-0.15, -0.1) is 0 Å². The summed E-state index contributed by atoms with van der Waals surface area (Å²) < 4.78 is 0. The molecule has 1 N–H and O–H groups in total. The maximum Gasteiger partial charge on any atom is 0.307 e. The van der Waals surface area contributed by atoms with E-state index in [2.05, 4.69) is 0 Å². The lowest BCUT2D eigenvalue weighted by Crippen LogP contribution is -2.61. The van der Waals surface area contributed by atoms with Crippen LogP contribution in [0.15, 0.2) is 30.3 Å². The lowest BCUT2D eigenvalue weighted by atomic mass is 9.46. The first-order chi connectivity index (χ1) is 10.1. The van der Waals surface area contributed by atoms with Crippen molar-refractivity contribution in [1.82, 2.24) is 4.90 Å². The van der Waals surface area contributed by atoms with Crippen molar-refractivity contribution in [3.05, 3.63) is 35.9 Å². The van der Waals surface area contributed by atoms with Crippen LogP contribution in [-0.2, 0) is 16.0 Å². The van der Waals surface area contributed by atoms with E-state index in [1.54, 1.807) is 11.9 Å². The summed E-state index contributed by atoms with van der Waals surface area (Å²) in [4.78, 5) is 25.5. The van der Waals surface area contributed by atoms with E-state index in [1.165, 1.54) is 5.56 Å². The van der Waals surface area contributed by atoms with Gasteiger partial charge in [0.2, 0.25) is 5.91 Å². The molecule has 0 aromatic heterocycles. The predicted molar refractivity (Wildman–Crippen MR) is 78.6 cm³/mol. The molecule has 0 aliphatic heterocycles. The van der Waals surface area contributed by atoms with Gasteiger partial charge >= 0.3 is 5.97 Å². The maximum atomic E-state index is 12.5. The molecular formula is C17H21NO3. The maximum absolute atomic E-state index is 12.5. The van der Waals surface area contributed by atoms with Gasteiger partial charge in [-0.3, -0.25) is 9.59 Å². The van der Waals surface area contributed by atoms with Gasteiger partial charge in [0.1, 0.15) is 0 Å². The second-order valence-corrected chi connectivity index (χ2v) is 6.29. The van der Waals surface area contributed by atoms with Crippen LogP contribution in [0.5, 0.6) is 0 Å². The Balaban J connectivity index is 1.58. The molecule has 21 heavy (non-hydrogen) atoms. The number of aliphatic carboxylic acids is 1. The lowest BCUT2D eigenvalue weighted by Gasteiger charge is -2.57. The van der Waals surface area contributed by atoms with Gasteiger partial charge in [-0.05, 0) is 36.7 Å². The highest BCUT2D eigenvalue weighted by Gasteiger charge is 2.61. The van der Waals surface area contributed by atoms with Crippen LogP contribution in [-0.4, -0.2) is 35.5 Å². The molecule has 4 heteroatoms. The lowest BCUT2D eigenvalue weighted by molar-refractivity contribution is -0.183. The minimum atomic E-state index is -0.800. The molecule has 0 radical (unpaired) electrons. The Kier molecular flexibility index (Phi) is 3.70. The molecule has 1 aromatic carbocycles. The Bertz CT molecular complexity index is 542.